The van der Waals surface area contributed by atoms with Gasteiger partial charge in [0.2, 0.25) is 11.8 Å². The number of nitrogens with zero attached hydrogens (tertiary/aromatic N) is 1. The van der Waals surface area contributed by atoms with Crippen LogP contribution in [0.25, 0.3) is 0 Å². The number of carbonyl (C=O) groups is 4. The van der Waals surface area contributed by atoms with Gasteiger partial charge in [-0.1, -0.05) is 31.9 Å². The van der Waals surface area contributed by atoms with Gasteiger partial charge < -0.3 is 10.4 Å². The van der Waals surface area contributed by atoms with Gasteiger partial charge in [0.1, 0.15) is 0 Å². The third-order valence-electron chi connectivity index (χ3n) is 5.69. The summed E-state index contributed by atoms with van der Waals surface area (Å²) in [5.41, 5.74) is 1.38. The molecule has 2 aromatic carbocycles. The third-order valence-corrected chi connectivity index (χ3v) is 8.42. The summed E-state index contributed by atoms with van der Waals surface area (Å²) in [4.78, 5) is 50.7. The summed E-state index contributed by atoms with van der Waals surface area (Å²) in [5.74, 6) is -2.49. The summed E-state index contributed by atoms with van der Waals surface area (Å²) in [6.45, 7) is 0. The summed E-state index contributed by atoms with van der Waals surface area (Å²) in [5, 5.41) is 11.6. The Kier molecular flexibility index (Phi) is 5.98. The van der Waals surface area contributed by atoms with Crippen molar-refractivity contribution in [3.8, 4) is 0 Å². The molecule has 3 amide bonds. The zero-order chi connectivity index (χ0) is 22.3. The van der Waals surface area contributed by atoms with E-state index in [9.17, 15) is 19.2 Å². The Morgan fingerprint density at radius 1 is 0.839 bits per heavy atom. The maximum atomic E-state index is 12.9. The van der Waals surface area contributed by atoms with Gasteiger partial charge in [0, 0.05) is 20.9 Å². The summed E-state index contributed by atoms with van der Waals surface area (Å²) < 4.78 is 0. The van der Waals surface area contributed by atoms with Gasteiger partial charge in [-0.2, -0.15) is 0 Å². The maximum absolute atomic E-state index is 12.9. The molecule has 0 spiro atoms. The predicted molar refractivity (Wildman–Crippen MR) is 122 cm³/mol. The lowest BCUT2D eigenvalue weighted by Gasteiger charge is -2.29. The number of hydrogen-bond acceptors (Lipinski definition) is 4. The highest BCUT2D eigenvalue weighted by atomic mass is 79.9. The molecule has 4 rings (SSSR count). The van der Waals surface area contributed by atoms with Gasteiger partial charge in [-0.25, -0.2) is 4.79 Å². The van der Waals surface area contributed by atoms with Crippen molar-refractivity contribution in [2.75, 3.05) is 10.2 Å². The monoisotopic (exact) mass is 548 g/mol. The van der Waals surface area contributed by atoms with E-state index >= 15 is 0 Å². The molecule has 1 heterocycles. The zero-order valence-corrected chi connectivity index (χ0v) is 19.3. The Hall–Kier alpha value is -2.52. The Balaban J connectivity index is 1.48. The van der Waals surface area contributed by atoms with Crippen LogP contribution in [0.3, 0.4) is 0 Å². The molecule has 2 aromatic rings. The number of hydrogen-bond donors (Lipinski definition) is 2. The normalized spacial score (nSPS) is 25.3. The number of fused-ring (bicyclic) bond motifs is 1. The summed E-state index contributed by atoms with van der Waals surface area (Å²) in [6.07, 6.45) is 1.20. The average molecular weight is 550 g/mol. The number of imide groups is 1. The highest BCUT2D eigenvalue weighted by molar-refractivity contribution is 9.12. The van der Waals surface area contributed by atoms with Crippen LogP contribution in [0.15, 0.2) is 48.5 Å². The van der Waals surface area contributed by atoms with E-state index in [0.29, 0.717) is 29.8 Å². The molecule has 7 nitrogen and oxygen atoms in total. The second-order valence-corrected chi connectivity index (χ2v) is 9.96. The molecule has 4 atom stereocenters. The summed E-state index contributed by atoms with van der Waals surface area (Å²) >= 11 is 7.15. The van der Waals surface area contributed by atoms with Crippen molar-refractivity contribution in [2.24, 2.45) is 11.8 Å². The van der Waals surface area contributed by atoms with Gasteiger partial charge in [-0.3, -0.25) is 19.3 Å². The van der Waals surface area contributed by atoms with E-state index < -0.39 is 5.97 Å². The first-order chi connectivity index (χ1) is 14.8. The predicted octanol–water partition coefficient (Wildman–Crippen LogP) is 4.06. The van der Waals surface area contributed by atoms with Gasteiger partial charge in [0.05, 0.1) is 23.1 Å². The largest absolute Gasteiger partial charge is 0.478 e. The first kappa shape index (κ1) is 21.7. The molecule has 1 saturated heterocycles. The van der Waals surface area contributed by atoms with Gasteiger partial charge in [-0.05, 0) is 61.4 Å². The van der Waals surface area contributed by atoms with Crippen LogP contribution in [0.5, 0.6) is 0 Å². The number of rotatable bonds is 4. The van der Waals surface area contributed by atoms with Crippen LogP contribution < -0.4 is 10.2 Å². The maximum Gasteiger partial charge on any atom is 0.335 e. The lowest BCUT2D eigenvalue weighted by molar-refractivity contribution is -0.122. The first-order valence-corrected chi connectivity index (χ1v) is 11.5. The van der Waals surface area contributed by atoms with Crippen LogP contribution in [0.1, 0.15) is 33.6 Å². The Morgan fingerprint density at radius 3 is 1.81 bits per heavy atom. The standard InChI is InChI=1S/C22H18Br2N2O5/c23-17-9-15-16(10-18(17)24)21(29)26(20(15)28)14-7-3-11(4-8-14)19(27)25-13-5-1-12(2-6-13)22(30)31/h1-8,15-18H,9-10H2,(H,25,27)(H,30,31)/t15-,16+,17+,18-. The van der Waals surface area contributed by atoms with Crippen molar-refractivity contribution >= 4 is 66.9 Å². The van der Waals surface area contributed by atoms with Gasteiger partial charge in [0.15, 0.2) is 0 Å². The molecule has 1 aliphatic heterocycles. The SMILES string of the molecule is O=C(O)c1ccc(NC(=O)c2ccc(N3C(=O)[C@H]4C[C@@H](Br)[C@@H](Br)C[C@H]4C3=O)cc2)cc1. The van der Waals surface area contributed by atoms with Crippen molar-refractivity contribution in [3.63, 3.8) is 0 Å². The van der Waals surface area contributed by atoms with Gasteiger partial charge in [-0.15, -0.1) is 0 Å². The Bertz CT molecular complexity index is 1030. The highest BCUT2D eigenvalue weighted by Crippen LogP contribution is 2.44. The Morgan fingerprint density at radius 2 is 1.32 bits per heavy atom. The van der Waals surface area contributed by atoms with Crippen molar-refractivity contribution in [1.29, 1.82) is 0 Å². The van der Waals surface area contributed by atoms with Crippen molar-refractivity contribution in [2.45, 2.75) is 22.5 Å². The summed E-state index contributed by atoms with van der Waals surface area (Å²) in [6, 6.07) is 12.1. The van der Waals surface area contributed by atoms with Crippen molar-refractivity contribution in [3.05, 3.63) is 59.7 Å². The molecule has 31 heavy (non-hydrogen) atoms. The minimum absolute atomic E-state index is 0.125. The van der Waals surface area contributed by atoms with Crippen molar-refractivity contribution in [1.82, 2.24) is 0 Å². The van der Waals surface area contributed by atoms with Crippen LogP contribution in [0, 0.1) is 11.8 Å². The van der Waals surface area contributed by atoms with E-state index in [0.717, 1.165) is 0 Å². The molecule has 2 aliphatic rings. The molecule has 0 aromatic heterocycles. The number of aromatic carboxylic acids is 1. The third kappa shape index (κ3) is 4.16. The number of carboxylic acid groups (broad SMARTS) is 1. The first-order valence-electron chi connectivity index (χ1n) is 9.67. The number of halogens is 2. The summed E-state index contributed by atoms with van der Waals surface area (Å²) in [7, 11) is 0. The molecule has 9 heteroatoms. The highest BCUT2D eigenvalue weighted by Gasteiger charge is 2.52. The lowest BCUT2D eigenvalue weighted by atomic mass is 9.81. The number of nitrogens with one attached hydrogen (secondary N) is 1. The number of anilines is 2. The molecular weight excluding hydrogens is 532 g/mol. The molecule has 160 valence electrons. The van der Waals surface area contributed by atoms with Crippen LogP contribution in [-0.4, -0.2) is 38.5 Å². The minimum Gasteiger partial charge on any atom is -0.478 e. The van der Waals surface area contributed by atoms with Gasteiger partial charge in [0.25, 0.3) is 5.91 Å². The molecule has 1 aliphatic carbocycles. The van der Waals surface area contributed by atoms with E-state index in [1.54, 1.807) is 24.3 Å². The fourth-order valence-corrected chi connectivity index (χ4v) is 5.25. The second-order valence-electron chi connectivity index (χ2n) is 7.61. The number of benzene rings is 2. The second kappa shape index (κ2) is 8.55. The molecule has 2 N–H and O–H groups in total. The van der Waals surface area contributed by atoms with E-state index in [2.05, 4.69) is 37.2 Å². The number of carboxylic acids is 1. The number of alkyl halides is 2. The van der Waals surface area contributed by atoms with E-state index in [1.807, 2.05) is 0 Å². The van der Waals surface area contributed by atoms with Crippen LogP contribution in [0.4, 0.5) is 11.4 Å². The van der Waals surface area contributed by atoms with Crippen LogP contribution >= 0.6 is 31.9 Å². The fraction of sp³-hybridized carbons (Fsp3) is 0.273. The number of carbonyl (C=O) groups excluding carboxylic acids is 3. The van der Waals surface area contributed by atoms with E-state index in [-0.39, 0.29) is 44.8 Å². The topological polar surface area (TPSA) is 104 Å². The lowest BCUT2D eigenvalue weighted by Crippen LogP contribution is -2.34. The minimum atomic E-state index is -1.04. The molecule has 1 saturated carbocycles. The molecule has 0 bridgehead atoms. The van der Waals surface area contributed by atoms with Crippen LogP contribution in [-0.2, 0) is 9.59 Å². The average Bonchev–Trinajstić information content (AvgIpc) is 2.98. The molecule has 0 unspecified atom stereocenters. The molecule has 2 fully saturated rings. The number of amides is 3. The quantitative estimate of drug-likeness (QED) is 0.442. The van der Waals surface area contributed by atoms with Crippen molar-refractivity contribution < 1.29 is 24.3 Å². The molecular formula is C22H18Br2N2O5. The van der Waals surface area contributed by atoms with Gasteiger partial charge >= 0.3 is 5.97 Å². The zero-order valence-electron chi connectivity index (χ0n) is 16.1. The van der Waals surface area contributed by atoms with E-state index in [1.165, 1.54) is 29.2 Å². The smallest absolute Gasteiger partial charge is 0.335 e. The van der Waals surface area contributed by atoms with Crippen LogP contribution in [0.2, 0.25) is 0 Å². The van der Waals surface area contributed by atoms with E-state index in [4.69, 9.17) is 5.11 Å². The fourth-order valence-electron chi connectivity index (χ4n) is 4.01. The molecule has 0 radical (unpaired) electrons. The Labute approximate surface area is 195 Å².